The maximum Gasteiger partial charge on any atom is 0.254 e. The van der Waals surface area contributed by atoms with Crippen LogP contribution in [0, 0.1) is 0 Å². The highest BCUT2D eigenvalue weighted by molar-refractivity contribution is 5.95. The van der Waals surface area contributed by atoms with Gasteiger partial charge in [0.25, 0.3) is 5.91 Å². The first kappa shape index (κ1) is 30.9. The number of rotatable bonds is 15. The quantitative estimate of drug-likeness (QED) is 0.179. The number of nitrogens with zero attached hydrogens (tertiary/aromatic N) is 2. The van der Waals surface area contributed by atoms with Crippen molar-refractivity contribution in [3.63, 3.8) is 0 Å². The molecule has 208 valence electrons. The first-order valence-corrected chi connectivity index (χ1v) is 13.8. The van der Waals surface area contributed by atoms with Gasteiger partial charge in [-0.15, -0.1) is 0 Å². The minimum Gasteiger partial charge on any atom is -0.496 e. The Morgan fingerprint density at radius 3 is 2.61 bits per heavy atom. The molecular formula is C31H46N4O3. The normalized spacial score (nSPS) is 16.0. The average Bonchev–Trinajstić information content (AvgIpc) is 3.38. The van der Waals surface area contributed by atoms with Gasteiger partial charge in [-0.05, 0) is 55.9 Å². The van der Waals surface area contributed by atoms with Crippen molar-refractivity contribution in [2.75, 3.05) is 20.7 Å². The van der Waals surface area contributed by atoms with Crippen LogP contribution in [0.4, 0.5) is 0 Å². The maximum absolute atomic E-state index is 13.7. The molecule has 1 saturated heterocycles. The second-order valence-electron chi connectivity index (χ2n) is 9.85. The molecule has 7 nitrogen and oxygen atoms in total. The molecule has 0 aromatic heterocycles. The fourth-order valence-corrected chi connectivity index (χ4v) is 4.84. The largest absolute Gasteiger partial charge is 0.496 e. The van der Waals surface area contributed by atoms with Crippen molar-refractivity contribution in [1.29, 1.82) is 0 Å². The fraction of sp³-hybridized carbons (Fsp3) is 0.516. The number of carbonyl (C=O) groups is 2. The number of carbonyl (C=O) groups excluding carboxylic acids is 2. The lowest BCUT2D eigenvalue weighted by Gasteiger charge is -2.26. The molecule has 7 heteroatoms. The summed E-state index contributed by atoms with van der Waals surface area (Å²) in [5.74, 6) is 0.653. The van der Waals surface area contributed by atoms with Gasteiger partial charge in [0.2, 0.25) is 5.91 Å². The van der Waals surface area contributed by atoms with Crippen LogP contribution >= 0.6 is 0 Å². The molecule has 0 spiro atoms. The number of hydrogen-bond acceptors (Lipinski definition) is 5. The molecular weight excluding hydrogens is 476 g/mol. The van der Waals surface area contributed by atoms with E-state index < -0.39 is 0 Å². The van der Waals surface area contributed by atoms with Crippen LogP contribution in [0.2, 0.25) is 0 Å². The van der Waals surface area contributed by atoms with Gasteiger partial charge in [-0.3, -0.25) is 9.59 Å². The predicted molar refractivity (Wildman–Crippen MR) is 157 cm³/mol. The van der Waals surface area contributed by atoms with Crippen molar-refractivity contribution < 1.29 is 14.3 Å². The molecule has 0 radical (unpaired) electrons. The number of ether oxygens (including phenoxy) is 1. The van der Waals surface area contributed by atoms with E-state index in [-0.39, 0.29) is 30.3 Å². The topological polar surface area (TPSA) is 83.0 Å². The highest BCUT2D eigenvalue weighted by Gasteiger charge is 2.31. The molecule has 1 unspecified atom stereocenters. The minimum atomic E-state index is -0.0959. The van der Waals surface area contributed by atoms with Gasteiger partial charge in [0.15, 0.2) is 0 Å². The standard InChI is InChI=1S/C31H46N4O3/c1-7-10-27(11-8-2)34-30(36)18-17-24(14-13-23(3)4)28-12-9-21-35(28)31(37)26-16-15-25(19-20-33-32-5)29(22-26)38-6/h13-17,20,22,27-28,32H,3,7-12,18-19,21H2,1-2,4-6H3,(H,34,36)/b14-13-,24-17+,33-20-. The highest BCUT2D eigenvalue weighted by Crippen LogP contribution is 2.29. The summed E-state index contributed by atoms with van der Waals surface area (Å²) in [4.78, 5) is 28.4. The molecule has 1 aromatic carbocycles. The molecule has 1 heterocycles. The first-order valence-electron chi connectivity index (χ1n) is 13.8. The predicted octanol–water partition coefficient (Wildman–Crippen LogP) is 5.58. The van der Waals surface area contributed by atoms with E-state index in [4.69, 9.17) is 4.74 Å². The first-order chi connectivity index (χ1) is 18.3. The Morgan fingerprint density at radius 1 is 1.24 bits per heavy atom. The number of allylic oxidation sites excluding steroid dienone is 2. The zero-order valence-corrected chi connectivity index (χ0v) is 23.9. The summed E-state index contributed by atoms with van der Waals surface area (Å²) in [6.45, 7) is 10.9. The summed E-state index contributed by atoms with van der Waals surface area (Å²) < 4.78 is 5.57. The van der Waals surface area contributed by atoms with Gasteiger partial charge in [0, 0.05) is 44.3 Å². The van der Waals surface area contributed by atoms with E-state index in [9.17, 15) is 9.59 Å². The van der Waals surface area contributed by atoms with E-state index in [0.29, 0.717) is 24.3 Å². The smallest absolute Gasteiger partial charge is 0.254 e. The third-order valence-corrected chi connectivity index (χ3v) is 6.69. The fourth-order valence-electron chi connectivity index (χ4n) is 4.84. The van der Waals surface area contributed by atoms with Crippen molar-refractivity contribution in [3.8, 4) is 5.75 Å². The van der Waals surface area contributed by atoms with Gasteiger partial charge in [0.05, 0.1) is 13.2 Å². The Hall–Kier alpha value is -3.35. The number of amides is 2. The van der Waals surface area contributed by atoms with Crippen molar-refractivity contribution in [2.24, 2.45) is 5.10 Å². The summed E-state index contributed by atoms with van der Waals surface area (Å²) in [6, 6.07) is 5.70. The van der Waals surface area contributed by atoms with Crippen LogP contribution < -0.4 is 15.5 Å². The lowest BCUT2D eigenvalue weighted by atomic mass is 10.00. The van der Waals surface area contributed by atoms with Gasteiger partial charge in [-0.1, -0.05) is 63.1 Å². The van der Waals surface area contributed by atoms with Gasteiger partial charge in [-0.2, -0.15) is 5.10 Å². The lowest BCUT2D eigenvalue weighted by Crippen LogP contribution is -2.37. The minimum absolute atomic E-state index is 0.0242. The van der Waals surface area contributed by atoms with Crippen molar-refractivity contribution in [1.82, 2.24) is 15.6 Å². The molecule has 1 fully saturated rings. The molecule has 2 N–H and O–H groups in total. The summed E-state index contributed by atoms with van der Waals surface area (Å²) >= 11 is 0. The second-order valence-corrected chi connectivity index (χ2v) is 9.85. The molecule has 1 aliphatic heterocycles. The molecule has 1 atom stereocenters. The molecule has 38 heavy (non-hydrogen) atoms. The van der Waals surface area contributed by atoms with Crippen LogP contribution in [0.5, 0.6) is 5.75 Å². The van der Waals surface area contributed by atoms with Crippen LogP contribution in [-0.4, -0.2) is 55.7 Å². The van der Waals surface area contributed by atoms with E-state index in [1.54, 1.807) is 20.4 Å². The van der Waals surface area contributed by atoms with Crippen LogP contribution in [0.3, 0.4) is 0 Å². The molecule has 2 rings (SSSR count). The molecule has 0 saturated carbocycles. The number of hydrazone groups is 1. The SMILES string of the molecule is C=C(C)/C=C\C(=C/CC(=O)NC(CCC)CCC)C1CCCN1C(=O)c1ccc(C/C=N\NC)c(OC)c1. The number of hydrogen-bond donors (Lipinski definition) is 2. The van der Waals surface area contributed by atoms with E-state index in [1.165, 1.54) is 0 Å². The highest BCUT2D eigenvalue weighted by atomic mass is 16.5. The monoisotopic (exact) mass is 522 g/mol. The zero-order valence-electron chi connectivity index (χ0n) is 23.9. The van der Waals surface area contributed by atoms with Gasteiger partial charge in [-0.25, -0.2) is 0 Å². The van der Waals surface area contributed by atoms with Crippen LogP contribution in [0.15, 0.2) is 59.3 Å². The molecule has 2 amide bonds. The van der Waals surface area contributed by atoms with E-state index in [2.05, 4.69) is 36.3 Å². The summed E-state index contributed by atoms with van der Waals surface area (Å²) in [6.07, 6.45) is 14.4. The third-order valence-electron chi connectivity index (χ3n) is 6.69. The molecule has 1 aromatic rings. The zero-order chi connectivity index (χ0) is 27.9. The Morgan fingerprint density at radius 2 is 1.97 bits per heavy atom. The van der Waals surface area contributed by atoms with E-state index in [1.807, 2.05) is 48.3 Å². The average molecular weight is 523 g/mol. The Balaban J connectivity index is 2.25. The summed E-state index contributed by atoms with van der Waals surface area (Å²) in [5.41, 5.74) is 6.18. The lowest BCUT2D eigenvalue weighted by molar-refractivity contribution is -0.121. The van der Waals surface area contributed by atoms with Gasteiger partial charge < -0.3 is 20.4 Å². The third kappa shape index (κ3) is 9.51. The molecule has 0 aliphatic carbocycles. The number of nitrogens with one attached hydrogen (secondary N) is 2. The number of benzene rings is 1. The van der Waals surface area contributed by atoms with Crippen LogP contribution in [0.25, 0.3) is 0 Å². The molecule has 0 bridgehead atoms. The Bertz CT molecular complexity index is 1020. The number of likely N-dealkylation sites (tertiary alicyclic amines) is 1. The Kier molecular flexibility index (Phi) is 13.4. The summed E-state index contributed by atoms with van der Waals surface area (Å²) in [7, 11) is 3.36. The summed E-state index contributed by atoms with van der Waals surface area (Å²) in [5, 5.41) is 7.23. The maximum atomic E-state index is 13.7. The van der Waals surface area contributed by atoms with Crippen LogP contribution in [0.1, 0.15) is 81.6 Å². The van der Waals surface area contributed by atoms with Crippen molar-refractivity contribution >= 4 is 18.0 Å². The van der Waals surface area contributed by atoms with Crippen LogP contribution in [-0.2, 0) is 11.2 Å². The van der Waals surface area contributed by atoms with Gasteiger partial charge in [0.1, 0.15) is 5.75 Å². The number of methoxy groups -OCH3 is 1. The van der Waals surface area contributed by atoms with Crippen molar-refractivity contribution in [2.45, 2.75) is 84.2 Å². The van der Waals surface area contributed by atoms with E-state index in [0.717, 1.165) is 55.2 Å². The van der Waals surface area contributed by atoms with Crippen molar-refractivity contribution in [3.05, 3.63) is 65.3 Å². The molecule has 1 aliphatic rings. The Labute approximate surface area is 229 Å². The van der Waals surface area contributed by atoms with E-state index >= 15 is 0 Å². The second kappa shape index (κ2) is 16.5. The van der Waals surface area contributed by atoms with Gasteiger partial charge >= 0.3 is 0 Å².